The Bertz CT molecular complexity index is 929. The molecule has 26 heavy (non-hydrogen) atoms. The number of hydrogen-bond donors (Lipinski definition) is 1. The summed E-state index contributed by atoms with van der Waals surface area (Å²) in [6, 6.07) is 16.6. The van der Waals surface area contributed by atoms with Crippen LogP contribution in [0.5, 0.6) is 0 Å². The van der Waals surface area contributed by atoms with Crippen molar-refractivity contribution in [3.05, 3.63) is 82.6 Å². The summed E-state index contributed by atoms with van der Waals surface area (Å²) in [4.78, 5) is 12.8. The maximum Gasteiger partial charge on any atom is 0.418 e. The SMILES string of the molecule is O=C(C=Cc1cc(-c2ccccc2)cs1)Nc1ccccc1C(F)(F)F. The highest BCUT2D eigenvalue weighted by molar-refractivity contribution is 7.11. The van der Waals surface area contributed by atoms with Crippen molar-refractivity contribution in [2.45, 2.75) is 6.18 Å². The van der Waals surface area contributed by atoms with Crippen LogP contribution in [0.25, 0.3) is 17.2 Å². The first-order valence-corrected chi connectivity index (χ1v) is 8.61. The zero-order valence-corrected chi connectivity index (χ0v) is 14.3. The molecule has 2 nitrogen and oxygen atoms in total. The Kier molecular flexibility index (Phi) is 5.23. The van der Waals surface area contributed by atoms with Gasteiger partial charge in [0.25, 0.3) is 0 Å². The highest BCUT2D eigenvalue weighted by atomic mass is 32.1. The summed E-state index contributed by atoms with van der Waals surface area (Å²) in [5.41, 5.74) is 0.958. The van der Waals surface area contributed by atoms with Crippen LogP contribution in [0.3, 0.4) is 0 Å². The quantitative estimate of drug-likeness (QED) is 0.551. The van der Waals surface area contributed by atoms with Gasteiger partial charge >= 0.3 is 6.18 Å². The molecule has 3 aromatic rings. The lowest BCUT2D eigenvalue weighted by atomic mass is 10.1. The third-order valence-electron chi connectivity index (χ3n) is 3.62. The van der Waals surface area contributed by atoms with E-state index in [2.05, 4.69) is 5.32 Å². The van der Waals surface area contributed by atoms with E-state index < -0.39 is 17.6 Å². The number of alkyl halides is 3. The molecule has 0 radical (unpaired) electrons. The number of halogens is 3. The minimum atomic E-state index is -4.52. The number of amides is 1. The van der Waals surface area contributed by atoms with Crippen molar-refractivity contribution in [3.63, 3.8) is 0 Å². The second-order valence-corrected chi connectivity index (χ2v) is 6.41. The van der Waals surface area contributed by atoms with Crippen molar-refractivity contribution >= 4 is 29.0 Å². The van der Waals surface area contributed by atoms with E-state index in [1.54, 1.807) is 6.08 Å². The van der Waals surface area contributed by atoms with E-state index in [1.165, 1.54) is 35.6 Å². The van der Waals surface area contributed by atoms with Gasteiger partial charge in [-0.1, -0.05) is 42.5 Å². The molecule has 1 N–H and O–H groups in total. The van der Waals surface area contributed by atoms with E-state index in [-0.39, 0.29) is 5.69 Å². The molecule has 1 amide bonds. The number of nitrogens with one attached hydrogen (secondary N) is 1. The van der Waals surface area contributed by atoms with Gasteiger partial charge in [-0.3, -0.25) is 4.79 Å². The molecule has 3 rings (SSSR count). The Morgan fingerprint density at radius 3 is 2.38 bits per heavy atom. The van der Waals surface area contributed by atoms with Crippen molar-refractivity contribution in [1.29, 1.82) is 0 Å². The molecule has 0 saturated carbocycles. The first-order valence-electron chi connectivity index (χ1n) is 7.73. The highest BCUT2D eigenvalue weighted by Gasteiger charge is 2.33. The van der Waals surface area contributed by atoms with Gasteiger partial charge < -0.3 is 5.32 Å². The summed E-state index contributed by atoms with van der Waals surface area (Å²) in [6.45, 7) is 0. The number of thiophene rings is 1. The Morgan fingerprint density at radius 1 is 0.962 bits per heavy atom. The van der Waals surface area contributed by atoms with Crippen LogP contribution in [-0.2, 0) is 11.0 Å². The number of rotatable bonds is 4. The van der Waals surface area contributed by atoms with Gasteiger partial charge in [-0.15, -0.1) is 11.3 Å². The first-order chi connectivity index (χ1) is 12.4. The number of benzene rings is 2. The lowest BCUT2D eigenvalue weighted by Crippen LogP contribution is -2.14. The fourth-order valence-corrected chi connectivity index (χ4v) is 3.20. The van der Waals surface area contributed by atoms with Gasteiger partial charge in [0.05, 0.1) is 11.3 Å². The van der Waals surface area contributed by atoms with Gasteiger partial charge in [0, 0.05) is 11.0 Å². The molecule has 0 bridgehead atoms. The van der Waals surface area contributed by atoms with Crippen LogP contribution in [0.4, 0.5) is 18.9 Å². The molecule has 0 fully saturated rings. The maximum absolute atomic E-state index is 12.9. The molecule has 6 heteroatoms. The zero-order chi connectivity index (χ0) is 18.6. The average Bonchev–Trinajstić information content (AvgIpc) is 3.09. The molecule has 0 unspecified atom stereocenters. The minimum absolute atomic E-state index is 0.259. The first kappa shape index (κ1) is 17.9. The number of para-hydroxylation sites is 1. The molecule has 0 spiro atoms. The van der Waals surface area contributed by atoms with E-state index in [0.29, 0.717) is 0 Å². The topological polar surface area (TPSA) is 29.1 Å². The van der Waals surface area contributed by atoms with Crippen LogP contribution >= 0.6 is 11.3 Å². The van der Waals surface area contributed by atoms with Crippen LogP contribution in [-0.4, -0.2) is 5.91 Å². The molecule has 2 aromatic carbocycles. The van der Waals surface area contributed by atoms with Crippen LogP contribution < -0.4 is 5.32 Å². The number of carbonyl (C=O) groups excluding carboxylic acids is 1. The van der Waals surface area contributed by atoms with Crippen LogP contribution in [0.1, 0.15) is 10.4 Å². The second kappa shape index (κ2) is 7.58. The monoisotopic (exact) mass is 373 g/mol. The summed E-state index contributed by atoms with van der Waals surface area (Å²) >= 11 is 1.45. The van der Waals surface area contributed by atoms with Gasteiger partial charge in [0.1, 0.15) is 0 Å². The molecular weight excluding hydrogens is 359 g/mol. The second-order valence-electron chi connectivity index (χ2n) is 5.47. The van der Waals surface area contributed by atoms with Crippen molar-refractivity contribution in [1.82, 2.24) is 0 Å². The molecule has 0 aliphatic carbocycles. The van der Waals surface area contributed by atoms with Crippen LogP contribution in [0.2, 0.25) is 0 Å². The third kappa shape index (κ3) is 4.40. The molecule has 0 atom stereocenters. The van der Waals surface area contributed by atoms with E-state index in [4.69, 9.17) is 0 Å². The number of anilines is 1. The standard InChI is InChI=1S/C20H14F3NOS/c21-20(22,23)17-8-4-5-9-18(17)24-19(25)11-10-16-12-15(13-26-16)14-6-2-1-3-7-14/h1-13H,(H,24,25). The minimum Gasteiger partial charge on any atom is -0.322 e. The smallest absolute Gasteiger partial charge is 0.322 e. The number of hydrogen-bond acceptors (Lipinski definition) is 2. The molecular formula is C20H14F3NOS. The summed E-state index contributed by atoms with van der Waals surface area (Å²) in [6.07, 6.45) is -1.71. The molecule has 0 aliphatic rings. The Morgan fingerprint density at radius 2 is 1.65 bits per heavy atom. The van der Waals surface area contributed by atoms with Gasteiger partial charge in [-0.25, -0.2) is 0 Å². The van der Waals surface area contributed by atoms with Gasteiger partial charge in [-0.2, -0.15) is 13.2 Å². The van der Waals surface area contributed by atoms with Crippen LogP contribution in [0, 0.1) is 0 Å². The Balaban J connectivity index is 1.71. The highest BCUT2D eigenvalue weighted by Crippen LogP contribution is 2.34. The summed E-state index contributed by atoms with van der Waals surface area (Å²) in [5.74, 6) is -0.614. The maximum atomic E-state index is 12.9. The van der Waals surface area contributed by atoms with E-state index in [9.17, 15) is 18.0 Å². The van der Waals surface area contributed by atoms with Crippen molar-refractivity contribution < 1.29 is 18.0 Å². The normalized spacial score (nSPS) is 11.7. The van der Waals surface area contributed by atoms with Gasteiger partial charge in [-0.05, 0) is 40.8 Å². The van der Waals surface area contributed by atoms with E-state index in [0.717, 1.165) is 22.1 Å². The van der Waals surface area contributed by atoms with Gasteiger partial charge in [0.2, 0.25) is 5.91 Å². The molecule has 1 aromatic heterocycles. The van der Waals surface area contributed by atoms with E-state index in [1.807, 2.05) is 41.8 Å². The van der Waals surface area contributed by atoms with Crippen molar-refractivity contribution in [3.8, 4) is 11.1 Å². The fourth-order valence-electron chi connectivity index (χ4n) is 2.39. The largest absolute Gasteiger partial charge is 0.418 e. The van der Waals surface area contributed by atoms with E-state index >= 15 is 0 Å². The van der Waals surface area contributed by atoms with Crippen LogP contribution in [0.15, 0.2) is 72.1 Å². The zero-order valence-electron chi connectivity index (χ0n) is 13.5. The number of carbonyl (C=O) groups is 1. The summed E-state index contributed by atoms with van der Waals surface area (Å²) in [5, 5.41) is 4.25. The Labute approximate surface area is 152 Å². The fraction of sp³-hybridized carbons (Fsp3) is 0.0500. The van der Waals surface area contributed by atoms with Crippen molar-refractivity contribution in [2.75, 3.05) is 5.32 Å². The molecule has 0 aliphatic heterocycles. The van der Waals surface area contributed by atoms with Gasteiger partial charge in [0.15, 0.2) is 0 Å². The Hall–Kier alpha value is -2.86. The summed E-state index contributed by atoms with van der Waals surface area (Å²) < 4.78 is 38.8. The van der Waals surface area contributed by atoms with Crippen molar-refractivity contribution in [2.24, 2.45) is 0 Å². The average molecular weight is 373 g/mol. The lowest BCUT2D eigenvalue weighted by molar-refractivity contribution is -0.136. The molecule has 1 heterocycles. The molecule has 132 valence electrons. The predicted octanol–water partition coefficient (Wildman–Crippen LogP) is 6.09. The lowest BCUT2D eigenvalue weighted by Gasteiger charge is -2.12. The predicted molar refractivity (Wildman–Crippen MR) is 98.9 cm³/mol. The summed E-state index contributed by atoms with van der Waals surface area (Å²) in [7, 11) is 0. The third-order valence-corrected chi connectivity index (χ3v) is 4.51. The molecule has 0 saturated heterocycles.